The first-order valence-corrected chi connectivity index (χ1v) is 7.75. The molecule has 0 saturated carbocycles. The number of nitrogens with one attached hydrogen (secondary N) is 1. The van der Waals surface area contributed by atoms with Crippen LogP contribution in [-0.2, 0) is 6.54 Å². The van der Waals surface area contributed by atoms with Crippen LogP contribution in [0.15, 0.2) is 23.0 Å². The molecule has 1 rings (SSSR count). The summed E-state index contributed by atoms with van der Waals surface area (Å²) in [4.78, 5) is 2.40. The van der Waals surface area contributed by atoms with Gasteiger partial charge in [0.2, 0.25) is 0 Å². The highest BCUT2D eigenvalue weighted by molar-refractivity contribution is 5.04. The molecule has 1 aromatic heterocycles. The first-order valence-electron chi connectivity index (χ1n) is 7.75. The molecule has 0 atom stereocenters. The molecule has 0 aromatic carbocycles. The van der Waals surface area contributed by atoms with Crippen molar-refractivity contribution in [1.82, 2.24) is 10.2 Å². The summed E-state index contributed by atoms with van der Waals surface area (Å²) in [7, 11) is 2.20. The second kappa shape index (κ2) is 7.28. The third kappa shape index (κ3) is 5.68. The van der Waals surface area contributed by atoms with Crippen molar-refractivity contribution in [3.05, 3.63) is 24.2 Å². The number of hydrogen-bond acceptors (Lipinski definition) is 3. The first-order chi connectivity index (χ1) is 9.30. The summed E-state index contributed by atoms with van der Waals surface area (Å²) in [6, 6.07) is 2.05. The maximum Gasteiger partial charge on any atom is 0.0947 e. The van der Waals surface area contributed by atoms with Gasteiger partial charge in [0.15, 0.2) is 0 Å². The fourth-order valence-electron chi connectivity index (χ4n) is 2.55. The maximum absolute atomic E-state index is 5.15. The lowest BCUT2D eigenvalue weighted by molar-refractivity contribution is 0.140. The van der Waals surface area contributed by atoms with Crippen molar-refractivity contribution in [1.29, 1.82) is 0 Å². The highest BCUT2D eigenvalue weighted by Gasteiger charge is 2.29. The van der Waals surface area contributed by atoms with E-state index in [1.54, 1.807) is 6.26 Å². The quantitative estimate of drug-likeness (QED) is 0.782. The Morgan fingerprint density at radius 1 is 1.20 bits per heavy atom. The molecule has 1 aromatic rings. The molecular formula is C17H32N2O. The molecule has 3 heteroatoms. The van der Waals surface area contributed by atoms with Crippen LogP contribution in [-0.4, -0.2) is 30.6 Å². The first kappa shape index (κ1) is 17.3. The van der Waals surface area contributed by atoms with Gasteiger partial charge in [0.1, 0.15) is 0 Å². The predicted octanol–water partition coefficient (Wildman–Crippen LogP) is 3.91. The van der Waals surface area contributed by atoms with Gasteiger partial charge in [-0.25, -0.2) is 0 Å². The van der Waals surface area contributed by atoms with Gasteiger partial charge in [0.05, 0.1) is 12.5 Å². The largest absolute Gasteiger partial charge is 0.472 e. The average Bonchev–Trinajstić information content (AvgIpc) is 2.86. The van der Waals surface area contributed by atoms with Gasteiger partial charge in [-0.15, -0.1) is 0 Å². The zero-order valence-electron chi connectivity index (χ0n) is 14.1. The van der Waals surface area contributed by atoms with Crippen LogP contribution in [0.1, 0.15) is 53.0 Å². The van der Waals surface area contributed by atoms with Crippen molar-refractivity contribution in [3.63, 3.8) is 0 Å². The smallest absolute Gasteiger partial charge is 0.0947 e. The zero-order valence-corrected chi connectivity index (χ0v) is 14.1. The van der Waals surface area contributed by atoms with Crippen LogP contribution >= 0.6 is 0 Å². The van der Waals surface area contributed by atoms with Crippen LogP contribution in [0.25, 0.3) is 0 Å². The Morgan fingerprint density at radius 3 is 2.30 bits per heavy atom. The molecular weight excluding hydrogens is 248 g/mol. The Kier molecular flexibility index (Phi) is 6.28. The number of hydrogen-bond donors (Lipinski definition) is 1. The highest BCUT2D eigenvalue weighted by atomic mass is 16.3. The molecule has 1 heterocycles. The summed E-state index contributed by atoms with van der Waals surface area (Å²) in [5.74, 6) is 0. The van der Waals surface area contributed by atoms with Crippen molar-refractivity contribution in [2.45, 2.75) is 59.5 Å². The van der Waals surface area contributed by atoms with E-state index in [9.17, 15) is 0 Å². The van der Waals surface area contributed by atoms with Gasteiger partial charge in [-0.3, -0.25) is 0 Å². The van der Waals surface area contributed by atoms with Gasteiger partial charge >= 0.3 is 0 Å². The highest BCUT2D eigenvalue weighted by Crippen LogP contribution is 2.28. The van der Waals surface area contributed by atoms with E-state index in [1.165, 1.54) is 18.4 Å². The number of nitrogens with zero attached hydrogens (tertiary/aromatic N) is 1. The minimum atomic E-state index is 0.179. The van der Waals surface area contributed by atoms with Crippen LogP contribution < -0.4 is 5.32 Å². The molecule has 3 nitrogen and oxygen atoms in total. The molecule has 0 radical (unpaired) electrons. The Balaban J connectivity index is 2.60. The molecule has 0 amide bonds. The molecule has 0 aliphatic heterocycles. The van der Waals surface area contributed by atoms with Gasteiger partial charge in [0, 0.05) is 30.7 Å². The average molecular weight is 280 g/mol. The second-order valence-electron chi connectivity index (χ2n) is 7.11. The molecule has 0 aliphatic rings. The van der Waals surface area contributed by atoms with Crippen LogP contribution in [0.4, 0.5) is 0 Å². The molecule has 20 heavy (non-hydrogen) atoms. The zero-order chi connectivity index (χ0) is 15.2. The summed E-state index contributed by atoms with van der Waals surface area (Å²) in [6.45, 7) is 14.4. The minimum Gasteiger partial charge on any atom is -0.472 e. The summed E-state index contributed by atoms with van der Waals surface area (Å²) in [6.07, 6.45) is 5.98. The van der Waals surface area contributed by atoms with E-state index in [0.29, 0.717) is 5.41 Å². The van der Waals surface area contributed by atoms with Crippen LogP contribution in [0.2, 0.25) is 0 Å². The van der Waals surface area contributed by atoms with E-state index in [0.717, 1.165) is 19.6 Å². The molecule has 0 unspecified atom stereocenters. The number of furan rings is 1. The lowest BCUT2D eigenvalue weighted by Gasteiger charge is -2.38. The van der Waals surface area contributed by atoms with Gasteiger partial charge < -0.3 is 14.6 Å². The third-order valence-corrected chi connectivity index (χ3v) is 4.13. The van der Waals surface area contributed by atoms with Crippen molar-refractivity contribution in [2.24, 2.45) is 5.41 Å². The summed E-state index contributed by atoms with van der Waals surface area (Å²) in [5, 5.41) is 3.68. The minimum absolute atomic E-state index is 0.179. The van der Waals surface area contributed by atoms with E-state index >= 15 is 0 Å². The van der Waals surface area contributed by atoms with Gasteiger partial charge in [0.25, 0.3) is 0 Å². The van der Waals surface area contributed by atoms with Crippen molar-refractivity contribution in [3.8, 4) is 0 Å². The van der Waals surface area contributed by atoms with Crippen LogP contribution in [0.3, 0.4) is 0 Å². The summed E-state index contributed by atoms with van der Waals surface area (Å²) >= 11 is 0. The van der Waals surface area contributed by atoms with Crippen molar-refractivity contribution < 1.29 is 4.42 Å². The second-order valence-corrected chi connectivity index (χ2v) is 7.11. The molecule has 0 bridgehead atoms. The van der Waals surface area contributed by atoms with E-state index in [1.807, 2.05) is 12.3 Å². The fourth-order valence-corrected chi connectivity index (χ4v) is 2.55. The lowest BCUT2D eigenvalue weighted by Crippen LogP contribution is -2.47. The fraction of sp³-hybridized carbons (Fsp3) is 0.765. The topological polar surface area (TPSA) is 28.4 Å². The molecule has 116 valence electrons. The van der Waals surface area contributed by atoms with Gasteiger partial charge in [-0.05, 0) is 52.1 Å². The molecule has 0 aliphatic carbocycles. The van der Waals surface area contributed by atoms with Gasteiger partial charge in [-0.1, -0.05) is 13.8 Å². The van der Waals surface area contributed by atoms with Gasteiger partial charge in [-0.2, -0.15) is 0 Å². The summed E-state index contributed by atoms with van der Waals surface area (Å²) in [5.41, 5.74) is 1.77. The van der Waals surface area contributed by atoms with Crippen molar-refractivity contribution >= 4 is 0 Å². The Bertz CT molecular complexity index is 361. The lowest BCUT2D eigenvalue weighted by atomic mass is 9.81. The summed E-state index contributed by atoms with van der Waals surface area (Å²) < 4.78 is 5.15. The Hall–Kier alpha value is -0.800. The van der Waals surface area contributed by atoms with Crippen LogP contribution in [0.5, 0.6) is 0 Å². The molecule has 0 fully saturated rings. The SMILES string of the molecule is CCC(CC)(CNC(C)(C)C)CN(C)Cc1ccoc1. The number of rotatable bonds is 8. The van der Waals surface area contributed by atoms with E-state index in [-0.39, 0.29) is 5.54 Å². The van der Waals surface area contributed by atoms with E-state index in [2.05, 4.69) is 51.9 Å². The molecule has 1 N–H and O–H groups in total. The predicted molar refractivity (Wildman–Crippen MR) is 85.8 cm³/mol. The van der Waals surface area contributed by atoms with Crippen molar-refractivity contribution in [2.75, 3.05) is 20.1 Å². The van der Waals surface area contributed by atoms with E-state index < -0.39 is 0 Å². The third-order valence-electron chi connectivity index (χ3n) is 4.13. The Labute approximate surface area is 124 Å². The molecule has 0 saturated heterocycles. The maximum atomic E-state index is 5.15. The Morgan fingerprint density at radius 2 is 1.85 bits per heavy atom. The normalized spacial score (nSPS) is 13.2. The standard InChI is InChI=1S/C17H32N2O/c1-7-17(8-2,13-18-16(3,4)5)14-19(6)11-15-9-10-20-12-15/h9-10,12,18H,7-8,11,13-14H2,1-6H3. The van der Waals surface area contributed by atoms with E-state index in [4.69, 9.17) is 4.42 Å². The van der Waals surface area contributed by atoms with Crippen LogP contribution in [0, 0.1) is 5.41 Å². The monoisotopic (exact) mass is 280 g/mol. The molecule has 0 spiro atoms.